The van der Waals surface area contributed by atoms with Gasteiger partial charge in [-0.3, -0.25) is 9.69 Å². The van der Waals surface area contributed by atoms with E-state index in [1.807, 2.05) is 34.9 Å². The largest absolute Gasteiger partial charge is 0.416 e. The number of amides is 1. The van der Waals surface area contributed by atoms with Crippen molar-refractivity contribution in [1.82, 2.24) is 10.2 Å². The van der Waals surface area contributed by atoms with Crippen LogP contribution in [0.3, 0.4) is 0 Å². The van der Waals surface area contributed by atoms with Crippen LogP contribution in [0.5, 0.6) is 0 Å². The zero-order chi connectivity index (χ0) is 21.0. The van der Waals surface area contributed by atoms with Gasteiger partial charge in [-0.15, -0.1) is 0 Å². The Morgan fingerprint density at radius 2 is 1.79 bits per heavy atom. The van der Waals surface area contributed by atoms with Gasteiger partial charge in [-0.05, 0) is 42.8 Å². The number of halogens is 4. The van der Waals surface area contributed by atoms with Gasteiger partial charge in [-0.1, -0.05) is 29.8 Å². The molecule has 1 aliphatic rings. The van der Waals surface area contributed by atoms with Gasteiger partial charge in [0, 0.05) is 36.9 Å². The van der Waals surface area contributed by atoms with E-state index in [-0.39, 0.29) is 18.5 Å². The fourth-order valence-electron chi connectivity index (χ4n) is 3.39. The highest BCUT2D eigenvalue weighted by atomic mass is 35.5. The maximum atomic E-state index is 12.9. The third-order valence-electron chi connectivity index (χ3n) is 5.00. The molecule has 29 heavy (non-hydrogen) atoms. The Balaban J connectivity index is 1.50. The number of rotatable bonds is 5. The maximum absolute atomic E-state index is 12.9. The van der Waals surface area contributed by atoms with E-state index in [2.05, 4.69) is 5.32 Å². The van der Waals surface area contributed by atoms with Crippen LogP contribution in [0.2, 0.25) is 5.02 Å². The molecule has 1 unspecified atom stereocenters. The molecule has 0 aromatic heterocycles. The Hall–Kier alpha value is -2.25. The fraction of sp³-hybridized carbons (Fsp3) is 0.381. The Kier molecular flexibility index (Phi) is 6.70. The minimum absolute atomic E-state index is 0.0926. The second-order valence-electron chi connectivity index (χ2n) is 7.16. The van der Waals surface area contributed by atoms with E-state index in [0.29, 0.717) is 36.9 Å². The zero-order valence-corrected chi connectivity index (χ0v) is 16.8. The summed E-state index contributed by atoms with van der Waals surface area (Å²) in [5, 5.41) is 3.58. The third-order valence-corrected chi connectivity index (χ3v) is 5.24. The number of piperazine rings is 1. The van der Waals surface area contributed by atoms with Crippen LogP contribution in [-0.4, -0.2) is 43.5 Å². The van der Waals surface area contributed by atoms with Gasteiger partial charge < -0.3 is 10.2 Å². The minimum Gasteiger partial charge on any atom is -0.369 e. The lowest BCUT2D eigenvalue weighted by atomic mass is 10.1. The summed E-state index contributed by atoms with van der Waals surface area (Å²) in [5.41, 5.74) is 0.838. The molecule has 0 saturated carbocycles. The Morgan fingerprint density at radius 1 is 1.10 bits per heavy atom. The van der Waals surface area contributed by atoms with Crippen molar-refractivity contribution in [3.8, 4) is 0 Å². The number of carbonyl (C=O) groups is 1. The Labute approximate surface area is 173 Å². The highest BCUT2D eigenvalue weighted by Crippen LogP contribution is 2.31. The highest BCUT2D eigenvalue weighted by molar-refractivity contribution is 6.30. The summed E-state index contributed by atoms with van der Waals surface area (Å²) in [4.78, 5) is 16.3. The lowest BCUT2D eigenvalue weighted by Crippen LogP contribution is -2.49. The van der Waals surface area contributed by atoms with Crippen molar-refractivity contribution < 1.29 is 18.0 Å². The Morgan fingerprint density at radius 3 is 2.45 bits per heavy atom. The van der Waals surface area contributed by atoms with Crippen molar-refractivity contribution >= 4 is 23.2 Å². The quantitative estimate of drug-likeness (QED) is 0.773. The summed E-state index contributed by atoms with van der Waals surface area (Å²) in [5.74, 6) is -0.0926. The van der Waals surface area contributed by atoms with Gasteiger partial charge in [0.1, 0.15) is 0 Å². The molecule has 1 N–H and O–H groups in total. The molecule has 0 bridgehead atoms. The molecule has 1 amide bonds. The molecule has 0 radical (unpaired) electrons. The van der Waals surface area contributed by atoms with Gasteiger partial charge in [0.05, 0.1) is 18.2 Å². The molecule has 1 heterocycles. The van der Waals surface area contributed by atoms with E-state index in [4.69, 9.17) is 11.6 Å². The number of hydrogen-bond donors (Lipinski definition) is 1. The number of benzene rings is 2. The first kappa shape index (κ1) is 21.5. The van der Waals surface area contributed by atoms with Crippen LogP contribution < -0.4 is 10.2 Å². The van der Waals surface area contributed by atoms with Gasteiger partial charge in [0.2, 0.25) is 5.91 Å². The molecule has 3 rings (SSSR count). The number of alkyl halides is 3. The zero-order valence-electron chi connectivity index (χ0n) is 16.0. The Bertz CT molecular complexity index is 851. The highest BCUT2D eigenvalue weighted by Gasteiger charge is 2.31. The third kappa shape index (κ3) is 5.87. The van der Waals surface area contributed by atoms with E-state index in [9.17, 15) is 18.0 Å². The average molecular weight is 426 g/mol. The fourth-order valence-corrected chi connectivity index (χ4v) is 3.59. The molecule has 1 atom stereocenters. The van der Waals surface area contributed by atoms with E-state index in [1.165, 1.54) is 12.1 Å². The SMILES string of the molecule is CC(NC(=O)CN1CCN(c2cccc(C(F)(F)F)c2)CC1)c1cccc(Cl)c1. The van der Waals surface area contributed by atoms with Gasteiger partial charge in [0.15, 0.2) is 0 Å². The van der Waals surface area contributed by atoms with E-state index in [0.717, 1.165) is 11.6 Å². The van der Waals surface area contributed by atoms with Crippen LogP contribution in [0.1, 0.15) is 24.1 Å². The molecule has 8 heteroatoms. The van der Waals surface area contributed by atoms with Gasteiger partial charge in [-0.25, -0.2) is 0 Å². The topological polar surface area (TPSA) is 35.6 Å². The molecule has 2 aromatic carbocycles. The minimum atomic E-state index is -4.35. The average Bonchev–Trinajstić information content (AvgIpc) is 2.68. The van der Waals surface area contributed by atoms with Crippen molar-refractivity contribution in [2.24, 2.45) is 0 Å². The molecule has 4 nitrogen and oxygen atoms in total. The van der Waals surface area contributed by atoms with Crippen LogP contribution in [0.15, 0.2) is 48.5 Å². The van der Waals surface area contributed by atoms with Crippen LogP contribution in [0, 0.1) is 0 Å². The van der Waals surface area contributed by atoms with Crippen molar-refractivity contribution in [3.63, 3.8) is 0 Å². The molecule has 2 aromatic rings. The molecule has 1 fully saturated rings. The number of anilines is 1. The van der Waals surface area contributed by atoms with E-state index in [1.54, 1.807) is 12.1 Å². The summed E-state index contributed by atoms with van der Waals surface area (Å²) in [6.45, 7) is 4.50. The predicted octanol–water partition coefficient (Wildman–Crippen LogP) is 4.36. The summed E-state index contributed by atoms with van der Waals surface area (Å²) < 4.78 is 38.7. The van der Waals surface area contributed by atoms with Crippen molar-refractivity contribution in [2.75, 3.05) is 37.6 Å². The first-order valence-electron chi connectivity index (χ1n) is 9.42. The molecular formula is C21H23ClF3N3O. The first-order valence-corrected chi connectivity index (χ1v) is 9.79. The van der Waals surface area contributed by atoms with Gasteiger partial charge in [0.25, 0.3) is 0 Å². The molecule has 156 valence electrons. The lowest BCUT2D eigenvalue weighted by molar-refractivity contribution is -0.137. The number of hydrogen-bond acceptors (Lipinski definition) is 3. The second kappa shape index (κ2) is 9.05. The normalized spacial score (nSPS) is 16.5. The number of nitrogens with zero attached hydrogens (tertiary/aromatic N) is 2. The monoisotopic (exact) mass is 425 g/mol. The molecule has 0 aliphatic carbocycles. The molecule has 1 saturated heterocycles. The molecule has 1 aliphatic heterocycles. The number of carbonyl (C=O) groups excluding carboxylic acids is 1. The first-order chi connectivity index (χ1) is 13.7. The summed E-state index contributed by atoms with van der Waals surface area (Å²) in [6.07, 6.45) is -4.35. The van der Waals surface area contributed by atoms with Crippen LogP contribution >= 0.6 is 11.6 Å². The molecular weight excluding hydrogens is 403 g/mol. The van der Waals surface area contributed by atoms with Crippen LogP contribution in [0.25, 0.3) is 0 Å². The standard InChI is InChI=1S/C21H23ClF3N3O/c1-15(16-4-2-6-18(22)12-16)26-20(29)14-27-8-10-28(11-9-27)19-7-3-5-17(13-19)21(23,24)25/h2-7,12-13,15H,8-11,14H2,1H3,(H,26,29). The van der Waals surface area contributed by atoms with Gasteiger partial charge in [-0.2, -0.15) is 13.2 Å². The van der Waals surface area contributed by atoms with E-state index >= 15 is 0 Å². The summed E-state index contributed by atoms with van der Waals surface area (Å²) in [6, 6.07) is 12.6. The van der Waals surface area contributed by atoms with E-state index < -0.39 is 11.7 Å². The van der Waals surface area contributed by atoms with Crippen LogP contribution in [0.4, 0.5) is 18.9 Å². The number of nitrogens with one attached hydrogen (secondary N) is 1. The lowest BCUT2D eigenvalue weighted by Gasteiger charge is -2.36. The van der Waals surface area contributed by atoms with Crippen molar-refractivity contribution in [2.45, 2.75) is 19.1 Å². The van der Waals surface area contributed by atoms with Crippen molar-refractivity contribution in [1.29, 1.82) is 0 Å². The molecule has 0 spiro atoms. The second-order valence-corrected chi connectivity index (χ2v) is 7.59. The van der Waals surface area contributed by atoms with Crippen molar-refractivity contribution in [3.05, 3.63) is 64.7 Å². The van der Waals surface area contributed by atoms with Gasteiger partial charge >= 0.3 is 6.18 Å². The van der Waals surface area contributed by atoms with Crippen LogP contribution in [-0.2, 0) is 11.0 Å². The maximum Gasteiger partial charge on any atom is 0.416 e. The predicted molar refractivity (Wildman–Crippen MR) is 108 cm³/mol. The summed E-state index contributed by atoms with van der Waals surface area (Å²) in [7, 11) is 0. The smallest absolute Gasteiger partial charge is 0.369 e. The summed E-state index contributed by atoms with van der Waals surface area (Å²) >= 11 is 5.99.